The third-order valence-corrected chi connectivity index (χ3v) is 4.79. The fourth-order valence-electron chi connectivity index (χ4n) is 3.06. The molecular formula is C22H21ClN2O3. The second-order valence-electron chi connectivity index (χ2n) is 6.15. The molecule has 0 saturated carbocycles. The molecule has 28 heavy (non-hydrogen) atoms. The number of likely N-dealkylation sites (N-methyl/N-ethyl adjacent to an activating group) is 1. The summed E-state index contributed by atoms with van der Waals surface area (Å²) in [7, 11) is 1.47. The van der Waals surface area contributed by atoms with E-state index in [-0.39, 0.29) is 12.2 Å². The quantitative estimate of drug-likeness (QED) is 0.296. The number of amides is 1. The Bertz CT molecular complexity index is 1040. The van der Waals surface area contributed by atoms with Crippen molar-refractivity contribution >= 4 is 40.5 Å². The molecule has 5 nitrogen and oxygen atoms in total. The van der Waals surface area contributed by atoms with E-state index in [9.17, 15) is 9.59 Å². The van der Waals surface area contributed by atoms with Crippen LogP contribution in [0.1, 0.15) is 18.1 Å². The molecular weight excluding hydrogens is 376 g/mol. The number of fused-ring (bicyclic) bond motifs is 1. The molecule has 0 saturated heterocycles. The number of esters is 1. The number of carbonyl (C=O) groups excluding carboxylic acids is 2. The van der Waals surface area contributed by atoms with Crippen LogP contribution in [0.4, 0.5) is 0 Å². The zero-order valence-electron chi connectivity index (χ0n) is 15.7. The van der Waals surface area contributed by atoms with Gasteiger partial charge in [0.2, 0.25) is 0 Å². The Morgan fingerprint density at radius 2 is 1.79 bits per heavy atom. The molecule has 1 amide bonds. The van der Waals surface area contributed by atoms with Crippen molar-refractivity contribution in [2.75, 3.05) is 13.7 Å². The van der Waals surface area contributed by atoms with Crippen molar-refractivity contribution in [3.8, 4) is 0 Å². The van der Waals surface area contributed by atoms with Gasteiger partial charge in [-0.25, -0.2) is 4.79 Å². The Morgan fingerprint density at radius 1 is 1.11 bits per heavy atom. The number of hydrogen-bond donors (Lipinski definition) is 1. The lowest BCUT2D eigenvalue weighted by molar-refractivity contribution is -0.140. The minimum atomic E-state index is -0.683. The Hall–Kier alpha value is -3.05. The number of para-hydroxylation sites is 1. The molecule has 0 aliphatic carbocycles. The molecule has 0 atom stereocenters. The van der Waals surface area contributed by atoms with Crippen molar-refractivity contribution in [1.29, 1.82) is 0 Å². The molecule has 0 unspecified atom stereocenters. The molecule has 0 radical (unpaired) electrons. The summed E-state index contributed by atoms with van der Waals surface area (Å²) in [5, 5.41) is 3.79. The van der Waals surface area contributed by atoms with E-state index in [0.717, 1.165) is 16.5 Å². The van der Waals surface area contributed by atoms with E-state index in [2.05, 4.69) is 5.32 Å². The van der Waals surface area contributed by atoms with E-state index in [1.54, 1.807) is 6.92 Å². The third-order valence-electron chi connectivity index (χ3n) is 4.38. The van der Waals surface area contributed by atoms with E-state index >= 15 is 0 Å². The molecule has 2 aromatic carbocycles. The van der Waals surface area contributed by atoms with Gasteiger partial charge in [-0.15, -0.1) is 0 Å². The van der Waals surface area contributed by atoms with E-state index in [4.69, 9.17) is 16.3 Å². The van der Waals surface area contributed by atoms with Crippen LogP contribution in [0.5, 0.6) is 0 Å². The molecule has 1 N–H and O–H groups in total. The lowest BCUT2D eigenvalue weighted by atomic mass is 10.1. The molecule has 0 aliphatic rings. The molecule has 3 aromatic rings. The minimum absolute atomic E-state index is 0.0890. The zero-order chi connectivity index (χ0) is 20.1. The van der Waals surface area contributed by atoms with Crippen LogP contribution in [0.15, 0.2) is 60.2 Å². The van der Waals surface area contributed by atoms with Gasteiger partial charge < -0.3 is 14.6 Å². The zero-order valence-corrected chi connectivity index (χ0v) is 16.5. The number of carbonyl (C=O) groups is 2. The first kappa shape index (κ1) is 19.7. The maximum atomic E-state index is 12.3. The molecule has 1 aromatic heterocycles. The van der Waals surface area contributed by atoms with Gasteiger partial charge >= 0.3 is 5.97 Å². The number of ether oxygens (including phenoxy) is 1. The summed E-state index contributed by atoms with van der Waals surface area (Å²) in [4.78, 5) is 24.5. The van der Waals surface area contributed by atoms with Crippen LogP contribution in [0.3, 0.4) is 0 Å². The van der Waals surface area contributed by atoms with Crippen LogP contribution in [-0.4, -0.2) is 30.1 Å². The van der Waals surface area contributed by atoms with Gasteiger partial charge in [-0.1, -0.05) is 60.1 Å². The second-order valence-corrected chi connectivity index (χ2v) is 6.51. The Kier molecular flexibility index (Phi) is 6.16. The van der Waals surface area contributed by atoms with Crippen LogP contribution in [0.25, 0.3) is 17.0 Å². The van der Waals surface area contributed by atoms with Gasteiger partial charge in [-0.3, -0.25) is 4.79 Å². The molecule has 0 spiro atoms. The summed E-state index contributed by atoms with van der Waals surface area (Å²) in [5.74, 6) is -1.20. The number of rotatable bonds is 6. The lowest BCUT2D eigenvalue weighted by Crippen LogP contribution is -2.26. The normalized spacial score (nSPS) is 11.5. The van der Waals surface area contributed by atoms with Crippen molar-refractivity contribution < 1.29 is 14.3 Å². The Morgan fingerprint density at radius 3 is 2.46 bits per heavy atom. The smallest absolute Gasteiger partial charge is 0.343 e. The Balaban J connectivity index is 2.16. The van der Waals surface area contributed by atoms with Crippen LogP contribution in [-0.2, 0) is 20.9 Å². The summed E-state index contributed by atoms with van der Waals surface area (Å²) in [6, 6.07) is 17.7. The van der Waals surface area contributed by atoms with Gasteiger partial charge in [0.25, 0.3) is 5.91 Å². The van der Waals surface area contributed by atoms with Gasteiger partial charge in [-0.05, 0) is 24.6 Å². The van der Waals surface area contributed by atoms with E-state index in [1.165, 1.54) is 13.1 Å². The van der Waals surface area contributed by atoms with Gasteiger partial charge in [0, 0.05) is 24.5 Å². The van der Waals surface area contributed by atoms with Crippen molar-refractivity contribution in [2.24, 2.45) is 0 Å². The van der Waals surface area contributed by atoms with Crippen molar-refractivity contribution in [3.63, 3.8) is 0 Å². The summed E-state index contributed by atoms with van der Waals surface area (Å²) in [6.07, 6.45) is 1.50. The van der Waals surface area contributed by atoms with Crippen LogP contribution >= 0.6 is 11.6 Å². The molecule has 1 heterocycles. The first-order chi connectivity index (χ1) is 13.6. The van der Waals surface area contributed by atoms with Gasteiger partial charge in [-0.2, -0.15) is 0 Å². The van der Waals surface area contributed by atoms with Gasteiger partial charge in [0.15, 0.2) is 0 Å². The number of nitrogens with one attached hydrogen (secondary N) is 1. The summed E-state index contributed by atoms with van der Waals surface area (Å²) < 4.78 is 7.00. The highest BCUT2D eigenvalue weighted by Gasteiger charge is 2.22. The summed E-state index contributed by atoms with van der Waals surface area (Å²) >= 11 is 6.71. The molecule has 0 aliphatic heterocycles. The summed E-state index contributed by atoms with van der Waals surface area (Å²) in [6.45, 7) is 2.44. The highest BCUT2D eigenvalue weighted by atomic mass is 35.5. The van der Waals surface area contributed by atoms with Crippen LogP contribution in [0, 0.1) is 0 Å². The molecule has 0 bridgehead atoms. The number of halogens is 1. The first-order valence-corrected chi connectivity index (χ1v) is 9.36. The maximum absolute atomic E-state index is 12.3. The highest BCUT2D eigenvalue weighted by molar-refractivity contribution is 6.34. The SMILES string of the molecule is CCOC(=O)C(=Cc1c(Cl)n(Cc2ccccc2)c2ccccc12)C(=O)NC. The molecule has 0 fully saturated rings. The van der Waals surface area contributed by atoms with Crippen LogP contribution < -0.4 is 5.32 Å². The average Bonchev–Trinajstić information content (AvgIpc) is 2.98. The highest BCUT2D eigenvalue weighted by Crippen LogP contribution is 2.32. The minimum Gasteiger partial charge on any atom is -0.462 e. The largest absolute Gasteiger partial charge is 0.462 e. The molecule has 6 heteroatoms. The van der Waals surface area contributed by atoms with Crippen molar-refractivity contribution in [3.05, 3.63) is 76.5 Å². The molecule has 3 rings (SSSR count). The standard InChI is InChI=1S/C22H21ClN2O3/c1-3-28-22(27)18(21(26)24-2)13-17-16-11-7-8-12-19(16)25(20(17)23)14-15-9-5-4-6-10-15/h4-13H,3,14H2,1-2H3,(H,24,26). The number of aromatic nitrogens is 1. The van der Waals surface area contributed by atoms with Gasteiger partial charge in [0.1, 0.15) is 10.7 Å². The first-order valence-electron chi connectivity index (χ1n) is 8.98. The fraction of sp³-hybridized carbons (Fsp3) is 0.182. The van der Waals surface area contributed by atoms with E-state index in [0.29, 0.717) is 17.3 Å². The maximum Gasteiger partial charge on any atom is 0.343 e. The second kappa shape index (κ2) is 8.76. The fourth-order valence-corrected chi connectivity index (χ4v) is 3.37. The predicted molar refractivity (Wildman–Crippen MR) is 111 cm³/mol. The van der Waals surface area contributed by atoms with E-state index < -0.39 is 11.9 Å². The van der Waals surface area contributed by atoms with E-state index in [1.807, 2.05) is 59.2 Å². The monoisotopic (exact) mass is 396 g/mol. The Labute approximate surface area is 168 Å². The predicted octanol–water partition coefficient (Wildman–Crippen LogP) is 4.04. The van der Waals surface area contributed by atoms with Crippen molar-refractivity contribution in [2.45, 2.75) is 13.5 Å². The van der Waals surface area contributed by atoms with Crippen molar-refractivity contribution in [1.82, 2.24) is 9.88 Å². The third kappa shape index (κ3) is 3.94. The van der Waals surface area contributed by atoms with Gasteiger partial charge in [0.05, 0.1) is 12.1 Å². The topological polar surface area (TPSA) is 60.3 Å². The number of benzene rings is 2. The van der Waals surface area contributed by atoms with Crippen LogP contribution in [0.2, 0.25) is 5.15 Å². The summed E-state index contributed by atoms with van der Waals surface area (Å²) in [5.41, 5.74) is 2.54. The average molecular weight is 397 g/mol. The number of nitrogens with zero attached hydrogens (tertiary/aromatic N) is 1. The number of hydrogen-bond acceptors (Lipinski definition) is 3. The molecule has 144 valence electrons. The lowest BCUT2D eigenvalue weighted by Gasteiger charge is -2.08.